The minimum atomic E-state index is -0.868. The maximum absolute atomic E-state index is 11.0. The molecule has 3 heteroatoms. The van der Waals surface area contributed by atoms with Gasteiger partial charge in [-0.2, -0.15) is 0 Å². The quantitative estimate of drug-likeness (QED) is 0.756. The highest BCUT2D eigenvalue weighted by Gasteiger charge is 2.62. The van der Waals surface area contributed by atoms with Crippen molar-refractivity contribution in [3.8, 4) is 0 Å². The van der Waals surface area contributed by atoms with E-state index in [4.69, 9.17) is 4.74 Å². The number of aliphatic hydroxyl groups excluding tert-OH is 1. The largest absolute Gasteiger partial charge is 0.501 e. The van der Waals surface area contributed by atoms with E-state index in [1.54, 1.807) is 18.3 Å². The summed E-state index contributed by atoms with van der Waals surface area (Å²) in [7, 11) is 1.78. The lowest BCUT2D eigenvalue weighted by molar-refractivity contribution is -0.136. The van der Waals surface area contributed by atoms with Gasteiger partial charge in [-0.15, -0.1) is 0 Å². The molecule has 0 aromatic rings. The average molecular weight is 332 g/mol. The third-order valence-corrected chi connectivity index (χ3v) is 8.24. The molecule has 0 aromatic heterocycles. The summed E-state index contributed by atoms with van der Waals surface area (Å²) >= 11 is 0. The Labute approximate surface area is 145 Å². The highest BCUT2D eigenvalue weighted by molar-refractivity contribution is 5.33. The highest BCUT2D eigenvalue weighted by atomic mass is 16.5. The van der Waals surface area contributed by atoms with Crippen LogP contribution in [0.2, 0.25) is 0 Å². The molecule has 2 N–H and O–H groups in total. The first kappa shape index (κ1) is 16.7. The Morgan fingerprint density at radius 2 is 2.08 bits per heavy atom. The molecule has 0 aromatic carbocycles. The highest BCUT2D eigenvalue weighted by Crippen LogP contribution is 2.65. The second kappa shape index (κ2) is 5.60. The fraction of sp³-hybridized carbons (Fsp3) is 0.810. The molecule has 0 radical (unpaired) electrons. The van der Waals surface area contributed by atoms with E-state index in [-0.39, 0.29) is 12.0 Å². The first-order chi connectivity index (χ1) is 11.4. The van der Waals surface area contributed by atoms with Crippen LogP contribution in [0.25, 0.3) is 0 Å². The molecule has 4 aliphatic carbocycles. The van der Waals surface area contributed by atoms with Crippen LogP contribution < -0.4 is 0 Å². The molecule has 3 nitrogen and oxygen atoms in total. The predicted molar refractivity (Wildman–Crippen MR) is 94.2 cm³/mol. The first-order valence-corrected chi connectivity index (χ1v) is 9.70. The summed E-state index contributed by atoms with van der Waals surface area (Å²) in [5.41, 5.74) is 2.33. The van der Waals surface area contributed by atoms with E-state index in [9.17, 15) is 10.2 Å². The van der Waals surface area contributed by atoms with Gasteiger partial charge in [0, 0.05) is 11.8 Å². The van der Waals surface area contributed by atoms with E-state index in [0.29, 0.717) is 23.7 Å². The van der Waals surface area contributed by atoms with Crippen molar-refractivity contribution in [2.24, 2.45) is 29.1 Å². The fourth-order valence-electron chi connectivity index (χ4n) is 6.83. The number of hydrogen-bond acceptors (Lipinski definition) is 3. The van der Waals surface area contributed by atoms with E-state index >= 15 is 0 Å². The third-order valence-electron chi connectivity index (χ3n) is 8.24. The second-order valence-corrected chi connectivity index (χ2v) is 9.04. The van der Waals surface area contributed by atoms with Crippen LogP contribution in [0.4, 0.5) is 0 Å². The number of hydrogen-bond donors (Lipinski definition) is 2. The summed E-state index contributed by atoms with van der Waals surface area (Å²) < 4.78 is 5.50. The van der Waals surface area contributed by atoms with Crippen LogP contribution in [0.5, 0.6) is 0 Å². The Kier molecular flexibility index (Phi) is 3.89. The first-order valence-electron chi connectivity index (χ1n) is 9.70. The molecule has 0 aliphatic heterocycles. The molecule has 6 atom stereocenters. The number of ether oxygens (including phenoxy) is 1. The van der Waals surface area contributed by atoms with E-state index < -0.39 is 5.60 Å². The summed E-state index contributed by atoms with van der Waals surface area (Å²) in [6.07, 6.45) is 9.56. The molecular weight excluding hydrogens is 300 g/mol. The monoisotopic (exact) mass is 332 g/mol. The number of allylic oxidation sites excluding steroid dienone is 3. The Bertz CT molecular complexity index is 592. The number of methoxy groups -OCH3 is 1. The van der Waals surface area contributed by atoms with Crippen LogP contribution in [-0.2, 0) is 4.74 Å². The summed E-state index contributed by atoms with van der Waals surface area (Å²) in [4.78, 5) is 0. The van der Waals surface area contributed by atoms with Gasteiger partial charge in [0.1, 0.15) is 0 Å². The molecule has 0 amide bonds. The maximum Gasteiger partial charge on any atom is 0.0959 e. The second-order valence-electron chi connectivity index (χ2n) is 9.04. The summed E-state index contributed by atoms with van der Waals surface area (Å²) in [6.45, 7) is 4.57. The molecule has 4 rings (SSSR count). The Morgan fingerprint density at radius 3 is 2.79 bits per heavy atom. The van der Waals surface area contributed by atoms with Crippen LogP contribution in [0.3, 0.4) is 0 Å². The molecule has 0 saturated heterocycles. The standard InChI is InChI=1S/C21H32O3/c1-13-10-14-11-15(24-3)4-5-16(14)17-6-8-20(2)18(19(13)17)7-9-21(20,23)12-22/h4,13,17-19,22-23H,5-12H2,1-3H3/t13-,17-,18-,19-,20+,21-/m1/s1. The van der Waals surface area contributed by atoms with Gasteiger partial charge in [0.2, 0.25) is 0 Å². The van der Waals surface area contributed by atoms with Crippen LogP contribution >= 0.6 is 0 Å². The number of fused-ring (bicyclic) bond motifs is 4. The van der Waals surface area contributed by atoms with Crippen molar-refractivity contribution in [1.29, 1.82) is 0 Å². The molecule has 24 heavy (non-hydrogen) atoms. The van der Waals surface area contributed by atoms with Crippen molar-refractivity contribution >= 4 is 0 Å². The van der Waals surface area contributed by atoms with Crippen LogP contribution in [0, 0.1) is 29.1 Å². The SMILES string of the molecule is COC1=CCC2=C(C1)C[C@@H](C)[C@@H]1[C@@H]2CC[C@@]2(C)[C@@H]1CC[C@@]2(O)CO. The minimum absolute atomic E-state index is 0.0837. The topological polar surface area (TPSA) is 49.7 Å². The third kappa shape index (κ3) is 2.10. The van der Waals surface area contributed by atoms with E-state index in [0.717, 1.165) is 37.9 Å². The zero-order valence-electron chi connectivity index (χ0n) is 15.3. The molecule has 134 valence electrons. The molecule has 2 fully saturated rings. The van der Waals surface area contributed by atoms with Gasteiger partial charge in [0.05, 0.1) is 25.1 Å². The zero-order valence-corrected chi connectivity index (χ0v) is 15.3. The van der Waals surface area contributed by atoms with Gasteiger partial charge in [-0.25, -0.2) is 0 Å². The molecule has 0 heterocycles. The molecule has 4 aliphatic rings. The normalized spacial score (nSPS) is 47.6. The van der Waals surface area contributed by atoms with Gasteiger partial charge < -0.3 is 14.9 Å². The molecule has 0 unspecified atom stereocenters. The van der Waals surface area contributed by atoms with Crippen LogP contribution in [0.15, 0.2) is 23.0 Å². The maximum atomic E-state index is 11.0. The minimum Gasteiger partial charge on any atom is -0.501 e. The van der Waals surface area contributed by atoms with E-state index in [1.807, 2.05) is 0 Å². The van der Waals surface area contributed by atoms with Crippen molar-refractivity contribution in [3.05, 3.63) is 23.0 Å². The van der Waals surface area contributed by atoms with Gasteiger partial charge in [0.25, 0.3) is 0 Å². The van der Waals surface area contributed by atoms with Crippen molar-refractivity contribution in [2.75, 3.05) is 13.7 Å². The number of aliphatic hydroxyl groups is 2. The fourth-order valence-corrected chi connectivity index (χ4v) is 6.83. The van der Waals surface area contributed by atoms with Gasteiger partial charge >= 0.3 is 0 Å². The predicted octanol–water partition coefficient (Wildman–Crippen LogP) is 3.81. The van der Waals surface area contributed by atoms with Gasteiger partial charge in [-0.1, -0.05) is 25.0 Å². The Balaban J connectivity index is 1.66. The molecular formula is C21H32O3. The van der Waals surface area contributed by atoms with Gasteiger partial charge in [0.15, 0.2) is 0 Å². The van der Waals surface area contributed by atoms with Crippen LogP contribution in [-0.4, -0.2) is 29.5 Å². The molecule has 2 saturated carbocycles. The van der Waals surface area contributed by atoms with Crippen molar-refractivity contribution in [2.45, 2.75) is 64.4 Å². The lowest BCUT2D eigenvalue weighted by atomic mass is 9.50. The summed E-state index contributed by atoms with van der Waals surface area (Å²) in [6, 6.07) is 0. The van der Waals surface area contributed by atoms with Crippen molar-refractivity contribution in [3.63, 3.8) is 0 Å². The Hall–Kier alpha value is -0.800. The lowest BCUT2D eigenvalue weighted by Crippen LogP contribution is -2.54. The Morgan fingerprint density at radius 1 is 1.29 bits per heavy atom. The van der Waals surface area contributed by atoms with Crippen molar-refractivity contribution in [1.82, 2.24) is 0 Å². The molecule has 0 bridgehead atoms. The average Bonchev–Trinajstić information content (AvgIpc) is 2.86. The van der Waals surface area contributed by atoms with E-state index in [1.165, 1.54) is 12.8 Å². The smallest absolute Gasteiger partial charge is 0.0959 e. The van der Waals surface area contributed by atoms with E-state index in [2.05, 4.69) is 19.9 Å². The van der Waals surface area contributed by atoms with Crippen LogP contribution in [0.1, 0.15) is 58.8 Å². The number of rotatable bonds is 2. The molecule has 0 spiro atoms. The summed E-state index contributed by atoms with van der Waals surface area (Å²) in [5, 5.41) is 20.9. The van der Waals surface area contributed by atoms with Gasteiger partial charge in [-0.05, 0) is 68.3 Å². The van der Waals surface area contributed by atoms with Gasteiger partial charge in [-0.3, -0.25) is 0 Å². The zero-order chi connectivity index (χ0) is 17.1. The van der Waals surface area contributed by atoms with Crippen molar-refractivity contribution < 1.29 is 14.9 Å². The summed E-state index contributed by atoms with van der Waals surface area (Å²) in [5.74, 6) is 3.69. The lowest BCUT2D eigenvalue weighted by Gasteiger charge is -2.55.